The van der Waals surface area contributed by atoms with Crippen molar-refractivity contribution in [2.45, 2.75) is 45.8 Å². The minimum absolute atomic E-state index is 0.145. The summed E-state index contributed by atoms with van der Waals surface area (Å²) < 4.78 is 16.0. The Morgan fingerprint density at radius 1 is 1.06 bits per heavy atom. The first-order valence-corrected chi connectivity index (χ1v) is 6.43. The molecular weight excluding hydrogens is 218 g/mol. The molecule has 0 bridgehead atoms. The smallest absolute Gasteiger partial charge is 0.0704 e. The zero-order valence-electron chi connectivity index (χ0n) is 12.0. The van der Waals surface area contributed by atoms with Crippen LogP contribution < -0.4 is 5.32 Å². The molecule has 0 spiro atoms. The molecule has 0 aromatic rings. The van der Waals surface area contributed by atoms with Crippen LogP contribution in [-0.4, -0.2) is 51.7 Å². The van der Waals surface area contributed by atoms with E-state index in [1.165, 1.54) is 0 Å². The lowest BCUT2D eigenvalue weighted by Gasteiger charge is -2.24. The van der Waals surface area contributed by atoms with Crippen LogP contribution in [0.3, 0.4) is 0 Å². The molecule has 0 radical (unpaired) electrons. The van der Waals surface area contributed by atoms with Crippen molar-refractivity contribution >= 4 is 0 Å². The molecule has 0 aliphatic heterocycles. The van der Waals surface area contributed by atoms with Crippen molar-refractivity contribution in [2.24, 2.45) is 0 Å². The summed E-state index contributed by atoms with van der Waals surface area (Å²) in [6.07, 6.45) is 1.28. The molecule has 0 rings (SSSR count). The van der Waals surface area contributed by atoms with Crippen LogP contribution in [0.25, 0.3) is 0 Å². The molecule has 1 unspecified atom stereocenters. The summed E-state index contributed by atoms with van der Waals surface area (Å²) >= 11 is 0. The number of methoxy groups -OCH3 is 1. The van der Waals surface area contributed by atoms with E-state index in [0.717, 1.165) is 13.0 Å². The fourth-order valence-corrected chi connectivity index (χ4v) is 1.26. The summed E-state index contributed by atoms with van der Waals surface area (Å²) in [7, 11) is 1.67. The maximum Gasteiger partial charge on any atom is 0.0704 e. The summed E-state index contributed by atoms with van der Waals surface area (Å²) in [6, 6.07) is 0. The topological polar surface area (TPSA) is 39.7 Å². The normalized spacial score (nSPS) is 13.9. The summed E-state index contributed by atoms with van der Waals surface area (Å²) in [6.45, 7) is 12.1. The number of hydrogen-bond acceptors (Lipinski definition) is 4. The second-order valence-electron chi connectivity index (χ2n) is 5.14. The molecule has 1 atom stereocenters. The Kier molecular flexibility index (Phi) is 9.74. The highest BCUT2D eigenvalue weighted by molar-refractivity contribution is 4.72. The Morgan fingerprint density at radius 2 is 1.71 bits per heavy atom. The molecule has 0 aromatic carbocycles. The zero-order valence-corrected chi connectivity index (χ0v) is 12.0. The van der Waals surface area contributed by atoms with Gasteiger partial charge in [0.1, 0.15) is 0 Å². The van der Waals surface area contributed by atoms with Gasteiger partial charge in [0.15, 0.2) is 0 Å². The lowest BCUT2D eigenvalue weighted by molar-refractivity contribution is -0.00858. The molecule has 1 N–H and O–H groups in total. The molecule has 104 valence electrons. The molecule has 0 aromatic heterocycles. The SMILES string of the molecule is CCC(CNC(C)(C)C)OCCOCCOC. The quantitative estimate of drug-likeness (QED) is 0.598. The summed E-state index contributed by atoms with van der Waals surface area (Å²) in [4.78, 5) is 0. The third-order valence-electron chi connectivity index (χ3n) is 2.33. The Labute approximate surface area is 106 Å². The van der Waals surface area contributed by atoms with Gasteiger partial charge in [0.2, 0.25) is 0 Å². The first-order chi connectivity index (χ1) is 7.99. The van der Waals surface area contributed by atoms with Gasteiger partial charge in [-0.05, 0) is 27.2 Å². The third-order valence-corrected chi connectivity index (χ3v) is 2.33. The van der Waals surface area contributed by atoms with Crippen molar-refractivity contribution in [3.8, 4) is 0 Å². The summed E-state index contributed by atoms with van der Waals surface area (Å²) in [5.41, 5.74) is 0.145. The van der Waals surface area contributed by atoms with E-state index in [9.17, 15) is 0 Å². The van der Waals surface area contributed by atoms with Crippen LogP contribution in [-0.2, 0) is 14.2 Å². The van der Waals surface area contributed by atoms with E-state index >= 15 is 0 Å². The Balaban J connectivity index is 3.48. The molecule has 0 saturated heterocycles. The largest absolute Gasteiger partial charge is 0.382 e. The molecule has 0 fully saturated rings. The molecule has 4 nitrogen and oxygen atoms in total. The number of nitrogens with one attached hydrogen (secondary N) is 1. The van der Waals surface area contributed by atoms with Gasteiger partial charge in [0.05, 0.1) is 32.5 Å². The standard InChI is InChI=1S/C13H29NO3/c1-6-12(11-14-13(2,3)4)17-10-9-16-8-7-15-5/h12,14H,6-11H2,1-5H3. The van der Waals surface area contributed by atoms with Gasteiger partial charge < -0.3 is 19.5 Å². The van der Waals surface area contributed by atoms with Gasteiger partial charge in [-0.25, -0.2) is 0 Å². The van der Waals surface area contributed by atoms with Gasteiger partial charge in [0, 0.05) is 19.2 Å². The van der Waals surface area contributed by atoms with E-state index in [-0.39, 0.29) is 11.6 Å². The number of hydrogen-bond donors (Lipinski definition) is 1. The van der Waals surface area contributed by atoms with E-state index in [4.69, 9.17) is 14.2 Å². The van der Waals surface area contributed by atoms with Gasteiger partial charge in [-0.3, -0.25) is 0 Å². The van der Waals surface area contributed by atoms with Crippen molar-refractivity contribution in [3.05, 3.63) is 0 Å². The summed E-state index contributed by atoms with van der Waals surface area (Å²) in [5.74, 6) is 0. The van der Waals surface area contributed by atoms with Crippen LogP contribution in [0.2, 0.25) is 0 Å². The van der Waals surface area contributed by atoms with Crippen molar-refractivity contribution in [2.75, 3.05) is 40.1 Å². The molecular formula is C13H29NO3. The molecule has 0 saturated carbocycles. The molecule has 0 aliphatic rings. The molecule has 0 heterocycles. The highest BCUT2D eigenvalue weighted by Crippen LogP contribution is 2.02. The van der Waals surface area contributed by atoms with Crippen molar-refractivity contribution in [3.63, 3.8) is 0 Å². The second kappa shape index (κ2) is 9.83. The highest BCUT2D eigenvalue weighted by Gasteiger charge is 2.12. The first kappa shape index (κ1) is 16.8. The van der Waals surface area contributed by atoms with Crippen LogP contribution in [0.1, 0.15) is 34.1 Å². The van der Waals surface area contributed by atoms with E-state index in [0.29, 0.717) is 26.4 Å². The molecule has 17 heavy (non-hydrogen) atoms. The molecule has 0 aliphatic carbocycles. The van der Waals surface area contributed by atoms with Crippen LogP contribution in [0, 0.1) is 0 Å². The first-order valence-electron chi connectivity index (χ1n) is 6.43. The maximum absolute atomic E-state index is 5.74. The van der Waals surface area contributed by atoms with Crippen LogP contribution >= 0.6 is 0 Å². The molecule has 0 amide bonds. The van der Waals surface area contributed by atoms with Crippen LogP contribution in [0.4, 0.5) is 0 Å². The maximum atomic E-state index is 5.74. The minimum atomic E-state index is 0.145. The highest BCUT2D eigenvalue weighted by atomic mass is 16.5. The minimum Gasteiger partial charge on any atom is -0.382 e. The number of ether oxygens (including phenoxy) is 3. The number of rotatable bonds is 10. The average Bonchev–Trinajstić information content (AvgIpc) is 2.26. The lowest BCUT2D eigenvalue weighted by atomic mass is 10.1. The van der Waals surface area contributed by atoms with Gasteiger partial charge in [-0.2, -0.15) is 0 Å². The summed E-state index contributed by atoms with van der Waals surface area (Å²) in [5, 5.41) is 3.45. The van der Waals surface area contributed by atoms with E-state index in [1.54, 1.807) is 7.11 Å². The fraction of sp³-hybridized carbons (Fsp3) is 1.00. The van der Waals surface area contributed by atoms with Crippen molar-refractivity contribution in [1.29, 1.82) is 0 Å². The Bertz CT molecular complexity index is 169. The Hall–Kier alpha value is -0.160. The van der Waals surface area contributed by atoms with Crippen molar-refractivity contribution in [1.82, 2.24) is 5.32 Å². The van der Waals surface area contributed by atoms with E-state index in [1.807, 2.05) is 0 Å². The van der Waals surface area contributed by atoms with Crippen LogP contribution in [0.5, 0.6) is 0 Å². The third kappa shape index (κ3) is 12.1. The lowest BCUT2D eigenvalue weighted by Crippen LogP contribution is -2.41. The van der Waals surface area contributed by atoms with Crippen LogP contribution in [0.15, 0.2) is 0 Å². The van der Waals surface area contributed by atoms with Gasteiger partial charge in [-0.1, -0.05) is 6.92 Å². The van der Waals surface area contributed by atoms with E-state index in [2.05, 4.69) is 33.0 Å². The fourth-order valence-electron chi connectivity index (χ4n) is 1.26. The van der Waals surface area contributed by atoms with Gasteiger partial charge in [0.25, 0.3) is 0 Å². The molecule has 4 heteroatoms. The Morgan fingerprint density at radius 3 is 2.24 bits per heavy atom. The average molecular weight is 247 g/mol. The monoisotopic (exact) mass is 247 g/mol. The second-order valence-corrected chi connectivity index (χ2v) is 5.14. The predicted molar refractivity (Wildman–Crippen MR) is 70.5 cm³/mol. The van der Waals surface area contributed by atoms with Gasteiger partial charge >= 0.3 is 0 Å². The van der Waals surface area contributed by atoms with E-state index < -0.39 is 0 Å². The predicted octanol–water partition coefficient (Wildman–Crippen LogP) is 1.83. The zero-order chi connectivity index (χ0) is 13.1. The van der Waals surface area contributed by atoms with Crippen molar-refractivity contribution < 1.29 is 14.2 Å². The van der Waals surface area contributed by atoms with Gasteiger partial charge in [-0.15, -0.1) is 0 Å².